The predicted octanol–water partition coefficient (Wildman–Crippen LogP) is 15.6. The standard InChI is InChI=1S/C18H21ClFN5O8P2.C17H17ClFN5O3.C12H13Cl2FN4O.C7H12BrFO.C5H2Cl2N4.CH2Cl4O2P2/c19-18-23-15(21-6-10-4-2-1-3-5-10)13-16(24-18)25(8-22-13)17-12(20)14(26)11(33-17)7-32-35(30,31)9-34(27,28)29;18-17-22-14(20-6-9-4-2-1-3-5-9)12-15(23-17)24(8-21-12)16-11(19)13(26)10(7-25)27-16;1-3-6-5(2)7(15)11(20-6)19-4-16-8-9(13)17-12(14)18-10(8)19;1-3-5-4(2)6(9)7(8)10-5;6-3-2-4(9-1-8-2)11-5(7)10-3;2-8(3,6)1-9(4,5)7/h1-5,8,11-12,14,17,26H,6-7,9H2,(H,30,31)(H,21,23,24)(H2,27,28,29);1-5,8,10-11,13,16,25-26H,6-7H2,(H,20,22,23);4-7,11H,3H2,1-2H3;4-7H,3H2,1-2H3;1H,(H,8,9,10,11);1H2/t11-,12+,14-,17-;10-,11+,13-,16-;5-,6-,7+,11-;4-,5-,6+,7+;;/m1111../s1. The summed E-state index contributed by atoms with van der Waals surface area (Å²) in [4.78, 5) is 78.5. The molecule has 0 saturated carbocycles. The van der Waals surface area contributed by atoms with Gasteiger partial charge in [-0.25, -0.2) is 47.5 Å². The summed E-state index contributed by atoms with van der Waals surface area (Å²) in [6.07, 6.45) is -7.63. The van der Waals surface area contributed by atoms with E-state index in [0.717, 1.165) is 24.0 Å². The van der Waals surface area contributed by atoms with Crippen LogP contribution in [0.4, 0.5) is 29.2 Å². The van der Waals surface area contributed by atoms with Crippen molar-refractivity contribution in [2.24, 2.45) is 11.8 Å². The predicted molar refractivity (Wildman–Crippen MR) is 418 cm³/mol. The molecule has 52 heteroatoms. The van der Waals surface area contributed by atoms with Crippen LogP contribution in [-0.2, 0) is 54.8 Å². The maximum absolute atomic E-state index is 15.0. The fourth-order valence-corrected chi connectivity index (χ4v) is 24.8. The monoisotopic (exact) mass is 1910 g/mol. The van der Waals surface area contributed by atoms with Crippen molar-refractivity contribution >= 4 is 214 Å². The van der Waals surface area contributed by atoms with Crippen LogP contribution in [0.15, 0.2) is 86.0 Å². The van der Waals surface area contributed by atoms with Crippen molar-refractivity contribution in [2.45, 2.75) is 139 Å². The average molecular weight is 1910 g/mol. The second kappa shape index (κ2) is 40.0. The number of aromatic nitrogens is 16. The minimum Gasteiger partial charge on any atom is -0.394 e. The zero-order chi connectivity index (χ0) is 82.1. The van der Waals surface area contributed by atoms with Gasteiger partial charge in [-0.05, 0) is 115 Å². The lowest BCUT2D eigenvalue weighted by Gasteiger charge is -2.18. The lowest BCUT2D eigenvalue weighted by molar-refractivity contribution is -0.0459. The summed E-state index contributed by atoms with van der Waals surface area (Å²) in [5, 5.41) is 35.5. The highest BCUT2D eigenvalue weighted by molar-refractivity contribution is 9.09. The van der Waals surface area contributed by atoms with E-state index in [1.807, 2.05) is 88.4 Å². The largest absolute Gasteiger partial charge is 0.394 e. The molecule has 0 bridgehead atoms. The molecule has 0 amide bonds. The van der Waals surface area contributed by atoms with E-state index < -0.39 is 120 Å². The lowest BCUT2D eigenvalue weighted by Crippen LogP contribution is -2.31. The molecular formula is C60H67BrCl10F4N18O15P4. The summed E-state index contributed by atoms with van der Waals surface area (Å²) in [6, 6.07) is 19.1. The normalized spacial score (nSPS) is 25.6. The number of aliphatic hydroxyl groups is 3. The molecule has 2 aromatic carbocycles. The third kappa shape index (κ3) is 24.3. The number of hydrogen-bond acceptors (Lipinski definition) is 26. The highest BCUT2D eigenvalue weighted by atomic mass is 79.9. The van der Waals surface area contributed by atoms with Gasteiger partial charge in [0.1, 0.15) is 52.5 Å². The second-order valence-corrected chi connectivity index (χ2v) is 42.7. The van der Waals surface area contributed by atoms with Crippen molar-refractivity contribution < 1.29 is 89.3 Å². The molecule has 0 spiro atoms. The Morgan fingerprint density at radius 1 is 0.536 bits per heavy atom. The summed E-state index contributed by atoms with van der Waals surface area (Å²) in [5.41, 5.74) is 4.89. The van der Waals surface area contributed by atoms with E-state index in [9.17, 15) is 56.0 Å². The number of benzene rings is 2. The summed E-state index contributed by atoms with van der Waals surface area (Å²) in [6.45, 7) is 7.31. The molecule has 4 aliphatic rings. The van der Waals surface area contributed by atoms with E-state index in [2.05, 4.69) is 95.9 Å². The van der Waals surface area contributed by atoms with Gasteiger partial charge < -0.3 is 69.1 Å². The number of imidazole rings is 4. The summed E-state index contributed by atoms with van der Waals surface area (Å²) in [5.74, 6) is -8.16. The Labute approximate surface area is 690 Å². The number of nitrogens with one attached hydrogen (secondary N) is 3. The first-order valence-electron chi connectivity index (χ1n) is 32.9. The van der Waals surface area contributed by atoms with Crippen LogP contribution in [0.2, 0.25) is 31.4 Å². The number of anilines is 2. The molecule has 33 nitrogen and oxygen atoms in total. The maximum atomic E-state index is 15.0. The summed E-state index contributed by atoms with van der Waals surface area (Å²) >= 11 is 58.2. The van der Waals surface area contributed by atoms with Gasteiger partial charge in [0.2, 0.25) is 21.1 Å². The van der Waals surface area contributed by atoms with Gasteiger partial charge in [0.15, 0.2) is 98.7 Å². The highest BCUT2D eigenvalue weighted by Gasteiger charge is 2.49. The molecule has 12 heterocycles. The van der Waals surface area contributed by atoms with Gasteiger partial charge in [-0.3, -0.25) is 32.0 Å². The van der Waals surface area contributed by atoms with Crippen molar-refractivity contribution in [2.75, 3.05) is 35.7 Å². The van der Waals surface area contributed by atoms with Crippen LogP contribution in [0.25, 0.3) is 44.7 Å². The van der Waals surface area contributed by atoms with Crippen LogP contribution in [-0.4, -0.2) is 200 Å². The van der Waals surface area contributed by atoms with Crippen molar-refractivity contribution in [3.05, 3.63) is 129 Å². The zero-order valence-electron chi connectivity index (χ0n) is 58.0. The number of hydrogen-bond donors (Lipinski definition) is 9. The number of nitrogens with zero attached hydrogens (tertiary/aromatic N) is 15. The number of halogens is 15. The molecule has 9 N–H and O–H groups in total. The molecule has 612 valence electrons. The number of ether oxygens (including phenoxy) is 4. The molecule has 112 heavy (non-hydrogen) atoms. The topological polar surface area (TPSA) is 445 Å². The first kappa shape index (κ1) is 91.7. The van der Waals surface area contributed by atoms with Gasteiger partial charge in [-0.2, -0.15) is 29.9 Å². The average Bonchev–Trinajstić information content (AvgIpc) is 1.59. The molecule has 4 aliphatic heterocycles. The van der Waals surface area contributed by atoms with E-state index in [4.69, 9.17) is 143 Å². The Bertz CT molecular complexity index is 5010. The van der Waals surface area contributed by atoms with E-state index in [0.29, 0.717) is 46.8 Å². The van der Waals surface area contributed by atoms with Crippen LogP contribution in [0, 0.1) is 11.8 Å². The molecule has 10 aromatic rings. The number of aromatic amines is 1. The Hall–Kier alpha value is -4.18. The number of rotatable bonds is 19. The Kier molecular flexibility index (Phi) is 32.8. The Morgan fingerprint density at radius 2 is 0.946 bits per heavy atom. The first-order valence-corrected chi connectivity index (χ1v) is 47.0. The van der Waals surface area contributed by atoms with Crippen LogP contribution < -0.4 is 10.6 Å². The van der Waals surface area contributed by atoms with E-state index in [1.54, 1.807) is 0 Å². The Morgan fingerprint density at radius 3 is 1.37 bits per heavy atom. The first-order chi connectivity index (χ1) is 52.7. The molecule has 4 saturated heterocycles. The minimum absolute atomic E-state index is 0.00209. The van der Waals surface area contributed by atoms with E-state index in [-0.39, 0.29) is 83.1 Å². The van der Waals surface area contributed by atoms with Gasteiger partial charge in [-0.15, -0.1) is 0 Å². The third-order valence-electron chi connectivity index (χ3n) is 16.8. The van der Waals surface area contributed by atoms with Crippen molar-refractivity contribution in [3.63, 3.8) is 0 Å². The molecule has 14 rings (SSSR count). The maximum Gasteiger partial charge on any atom is 0.340 e. The van der Waals surface area contributed by atoms with Gasteiger partial charge in [-0.1, -0.05) is 127 Å². The van der Waals surface area contributed by atoms with Gasteiger partial charge in [0.05, 0.1) is 50.7 Å². The van der Waals surface area contributed by atoms with Crippen molar-refractivity contribution in [1.29, 1.82) is 0 Å². The number of H-pyrrole nitrogens is 1. The van der Waals surface area contributed by atoms with Gasteiger partial charge in [0.25, 0.3) is 11.7 Å². The van der Waals surface area contributed by atoms with Crippen LogP contribution in [0.5, 0.6) is 0 Å². The van der Waals surface area contributed by atoms with Crippen molar-refractivity contribution in [3.8, 4) is 0 Å². The quantitative estimate of drug-likeness (QED) is 0.0119. The van der Waals surface area contributed by atoms with E-state index >= 15 is 0 Å². The van der Waals surface area contributed by atoms with Gasteiger partial charge in [0, 0.05) is 24.9 Å². The summed E-state index contributed by atoms with van der Waals surface area (Å²) in [7, 11) is -9.57. The molecule has 0 aliphatic carbocycles. The molecule has 1 unspecified atom stereocenters. The molecule has 0 radical (unpaired) electrons. The van der Waals surface area contributed by atoms with E-state index in [1.165, 1.54) is 39.0 Å². The second-order valence-electron chi connectivity index (χ2n) is 24.7. The van der Waals surface area contributed by atoms with Gasteiger partial charge >= 0.3 is 15.2 Å². The molecule has 4 fully saturated rings. The lowest BCUT2D eigenvalue weighted by atomic mass is 10.00. The minimum atomic E-state index is -4.85. The van der Waals surface area contributed by atoms with Crippen LogP contribution in [0.3, 0.4) is 0 Å². The summed E-state index contributed by atoms with van der Waals surface area (Å²) < 4.78 is 131. The number of aliphatic hydroxyl groups excluding tert-OH is 3. The SMILES string of the molecule is CC[C@H]1O[C@@H](n2cnc3c(Cl)nc(Cl)nc32)[C@@H](F)[C@@H]1C.CC[C@H]1O[C@H](Br)[C@@H](F)[C@@H]1C.Clc1nc(Cl)c2[nH]cnc2n1.O=P(Cl)(Cl)CP(=O)(Cl)Cl.O=P(O)(O)CP(=O)(O)OC[C@H]1O[C@@H](n2cnc3c(NCc4ccccc4)nc(Cl)nc32)[C@@H](F)[C@@H]1O.OC[C@H]1O[C@@H](n2cnc3c(NCc4ccccc4)nc(Cl)nc32)[C@@H](F)[C@@H]1O. The number of alkyl halides is 5. The highest BCUT2D eigenvalue weighted by Crippen LogP contribution is 2.72. The number of fused-ring (bicyclic) bond motifs is 4. The molecule has 17 atom stereocenters. The van der Waals surface area contributed by atoms with Crippen LogP contribution in [0.1, 0.15) is 70.3 Å². The molecular weight excluding hydrogens is 1850 g/mol. The fraction of sp³-hybridized carbons (Fsp3) is 0.467. The van der Waals surface area contributed by atoms with Crippen molar-refractivity contribution in [1.82, 2.24) is 78.5 Å². The van der Waals surface area contributed by atoms with Crippen LogP contribution >= 0.6 is 157 Å². The molecule has 8 aromatic heterocycles. The smallest absolute Gasteiger partial charge is 0.340 e. The zero-order valence-corrected chi connectivity index (χ0v) is 70.7. The Balaban J connectivity index is 0.000000166. The third-order valence-corrected chi connectivity index (χ3v) is 28.7. The fourth-order valence-electron chi connectivity index (χ4n) is 11.4.